The van der Waals surface area contributed by atoms with Crippen LogP contribution in [0.3, 0.4) is 0 Å². The zero-order chi connectivity index (χ0) is 16.7. The van der Waals surface area contributed by atoms with Gasteiger partial charge in [0.25, 0.3) is 0 Å². The molecular weight excluding hydrogens is 317 g/mol. The van der Waals surface area contributed by atoms with E-state index in [1.807, 2.05) is 17.5 Å². The Morgan fingerprint density at radius 1 is 1.26 bits per heavy atom. The van der Waals surface area contributed by atoms with E-state index in [0.717, 1.165) is 6.42 Å². The molecule has 0 aliphatic heterocycles. The Balaban J connectivity index is 1.68. The Kier molecular flexibility index (Phi) is 6.10. The molecule has 1 heterocycles. The fourth-order valence-corrected chi connectivity index (χ4v) is 2.68. The minimum atomic E-state index is -0.524. The number of amides is 3. The summed E-state index contributed by atoms with van der Waals surface area (Å²) in [6, 6.07) is 7.65. The van der Waals surface area contributed by atoms with Crippen molar-refractivity contribution in [3.05, 3.63) is 52.0 Å². The molecule has 23 heavy (non-hydrogen) atoms. The van der Waals surface area contributed by atoms with Crippen LogP contribution in [0.15, 0.2) is 35.7 Å². The maximum atomic E-state index is 13.0. The van der Waals surface area contributed by atoms with E-state index in [0.29, 0.717) is 17.8 Å². The van der Waals surface area contributed by atoms with E-state index in [1.165, 1.54) is 17.0 Å². The number of anilines is 1. The van der Waals surface area contributed by atoms with Crippen molar-refractivity contribution in [2.45, 2.75) is 13.3 Å². The number of benzene rings is 1. The van der Waals surface area contributed by atoms with Gasteiger partial charge >= 0.3 is 6.03 Å². The van der Waals surface area contributed by atoms with Crippen LogP contribution in [0, 0.1) is 12.7 Å². The Labute approximate surface area is 137 Å². The summed E-state index contributed by atoms with van der Waals surface area (Å²) in [5, 5.41) is 9.71. The van der Waals surface area contributed by atoms with Crippen molar-refractivity contribution in [1.29, 1.82) is 0 Å². The minimum Gasteiger partial charge on any atom is -0.376 e. The number of rotatable bonds is 6. The largest absolute Gasteiger partial charge is 0.376 e. The molecule has 0 atom stereocenters. The number of imide groups is 1. The van der Waals surface area contributed by atoms with Gasteiger partial charge < -0.3 is 10.6 Å². The highest BCUT2D eigenvalue weighted by molar-refractivity contribution is 7.09. The van der Waals surface area contributed by atoms with E-state index in [-0.39, 0.29) is 12.4 Å². The van der Waals surface area contributed by atoms with Gasteiger partial charge in [-0.25, -0.2) is 9.18 Å². The molecule has 1 aromatic heterocycles. The summed E-state index contributed by atoms with van der Waals surface area (Å²) >= 11 is 1.62. The summed E-state index contributed by atoms with van der Waals surface area (Å²) in [6.45, 7) is 2.13. The van der Waals surface area contributed by atoms with Crippen molar-refractivity contribution in [1.82, 2.24) is 10.6 Å². The van der Waals surface area contributed by atoms with Gasteiger partial charge in [0.2, 0.25) is 5.91 Å². The first-order valence-electron chi connectivity index (χ1n) is 7.14. The van der Waals surface area contributed by atoms with Gasteiger partial charge in [-0.1, -0.05) is 6.07 Å². The number of urea groups is 1. The first-order chi connectivity index (χ1) is 11.0. The molecule has 1 aromatic carbocycles. The lowest BCUT2D eigenvalue weighted by molar-refractivity contribution is -0.118. The van der Waals surface area contributed by atoms with Crippen molar-refractivity contribution in [2.75, 3.05) is 18.4 Å². The Morgan fingerprint density at radius 3 is 2.78 bits per heavy atom. The van der Waals surface area contributed by atoms with E-state index in [9.17, 15) is 14.0 Å². The smallest absolute Gasteiger partial charge is 0.321 e. The summed E-state index contributed by atoms with van der Waals surface area (Å²) in [5.41, 5.74) is 1.35. The molecule has 122 valence electrons. The van der Waals surface area contributed by atoms with Gasteiger partial charge in [0, 0.05) is 17.1 Å². The average Bonchev–Trinajstić information content (AvgIpc) is 2.99. The summed E-state index contributed by atoms with van der Waals surface area (Å²) in [7, 11) is 0. The third-order valence-electron chi connectivity index (χ3n) is 3.12. The van der Waals surface area contributed by atoms with Crippen LogP contribution in [0.25, 0.3) is 0 Å². The zero-order valence-electron chi connectivity index (χ0n) is 12.7. The molecule has 0 aliphatic rings. The van der Waals surface area contributed by atoms with Gasteiger partial charge in [0.1, 0.15) is 5.82 Å². The first kappa shape index (κ1) is 17.0. The summed E-state index contributed by atoms with van der Waals surface area (Å²) < 4.78 is 13.0. The van der Waals surface area contributed by atoms with E-state index in [2.05, 4.69) is 16.0 Å². The van der Waals surface area contributed by atoms with Gasteiger partial charge in [0.05, 0.1) is 6.54 Å². The number of aryl methyl sites for hydroxylation is 1. The number of halogens is 1. The Bertz CT molecular complexity index is 674. The molecule has 0 aliphatic carbocycles. The van der Waals surface area contributed by atoms with Crippen molar-refractivity contribution in [3.63, 3.8) is 0 Å². The van der Waals surface area contributed by atoms with Gasteiger partial charge in [-0.2, -0.15) is 0 Å². The molecule has 5 nitrogen and oxygen atoms in total. The van der Waals surface area contributed by atoms with Gasteiger partial charge in [-0.15, -0.1) is 11.3 Å². The van der Waals surface area contributed by atoms with Gasteiger partial charge in [-0.05, 0) is 48.6 Å². The quantitative estimate of drug-likeness (QED) is 0.760. The lowest BCUT2D eigenvalue weighted by Crippen LogP contribution is -2.42. The van der Waals surface area contributed by atoms with Crippen LogP contribution in [-0.2, 0) is 11.2 Å². The van der Waals surface area contributed by atoms with Crippen molar-refractivity contribution in [2.24, 2.45) is 0 Å². The molecule has 0 bridgehead atoms. The van der Waals surface area contributed by atoms with Gasteiger partial charge in [0.15, 0.2) is 0 Å². The number of hydrogen-bond donors (Lipinski definition) is 3. The second-order valence-electron chi connectivity index (χ2n) is 4.95. The molecule has 2 aromatic rings. The monoisotopic (exact) mass is 335 g/mol. The van der Waals surface area contributed by atoms with Crippen LogP contribution >= 0.6 is 11.3 Å². The summed E-state index contributed by atoms with van der Waals surface area (Å²) in [5.74, 6) is -0.787. The van der Waals surface area contributed by atoms with Crippen molar-refractivity contribution >= 4 is 29.0 Å². The van der Waals surface area contributed by atoms with Crippen molar-refractivity contribution in [3.8, 4) is 0 Å². The van der Waals surface area contributed by atoms with Gasteiger partial charge in [-0.3, -0.25) is 10.1 Å². The van der Waals surface area contributed by atoms with Crippen LogP contribution in [0.1, 0.15) is 10.4 Å². The number of nitrogens with one attached hydrogen (secondary N) is 3. The second kappa shape index (κ2) is 8.28. The third-order valence-corrected chi connectivity index (χ3v) is 4.05. The standard InChI is InChI=1S/C16H18FN3O2S/c1-11-9-12(17)4-5-14(11)19-10-15(21)20-16(22)18-7-6-13-3-2-8-23-13/h2-5,8-9,19H,6-7,10H2,1H3,(H2,18,20,21,22). The number of hydrogen-bond acceptors (Lipinski definition) is 4. The molecule has 0 radical (unpaired) electrons. The minimum absolute atomic E-state index is 0.0647. The number of thiophene rings is 1. The molecule has 0 fully saturated rings. The lowest BCUT2D eigenvalue weighted by Gasteiger charge is -2.10. The Hall–Kier alpha value is -2.41. The Morgan fingerprint density at radius 2 is 2.09 bits per heavy atom. The highest BCUT2D eigenvalue weighted by Crippen LogP contribution is 2.15. The molecule has 2 rings (SSSR count). The van der Waals surface area contributed by atoms with Crippen LogP contribution in [0.5, 0.6) is 0 Å². The predicted molar refractivity (Wildman–Crippen MR) is 89.2 cm³/mol. The fourth-order valence-electron chi connectivity index (χ4n) is 1.97. The molecule has 3 N–H and O–H groups in total. The summed E-state index contributed by atoms with van der Waals surface area (Å²) in [4.78, 5) is 24.4. The van der Waals surface area contributed by atoms with Crippen LogP contribution < -0.4 is 16.0 Å². The van der Waals surface area contributed by atoms with Crippen LogP contribution in [-0.4, -0.2) is 25.0 Å². The first-order valence-corrected chi connectivity index (χ1v) is 8.02. The third kappa shape index (κ3) is 5.71. The number of carbonyl (C=O) groups is 2. The highest BCUT2D eigenvalue weighted by Gasteiger charge is 2.08. The number of carbonyl (C=O) groups excluding carboxylic acids is 2. The molecule has 0 unspecified atom stereocenters. The SMILES string of the molecule is Cc1cc(F)ccc1NCC(=O)NC(=O)NCCc1cccs1. The fraction of sp³-hybridized carbons (Fsp3) is 0.250. The normalized spacial score (nSPS) is 10.2. The average molecular weight is 335 g/mol. The lowest BCUT2D eigenvalue weighted by atomic mass is 10.2. The maximum absolute atomic E-state index is 13.0. The van der Waals surface area contributed by atoms with E-state index in [1.54, 1.807) is 24.3 Å². The predicted octanol–water partition coefficient (Wildman–Crippen LogP) is 2.68. The maximum Gasteiger partial charge on any atom is 0.321 e. The molecular formula is C16H18FN3O2S. The van der Waals surface area contributed by atoms with E-state index in [4.69, 9.17) is 0 Å². The molecule has 0 saturated heterocycles. The topological polar surface area (TPSA) is 70.2 Å². The second-order valence-corrected chi connectivity index (χ2v) is 5.98. The molecule has 0 saturated carbocycles. The van der Waals surface area contributed by atoms with Crippen LogP contribution in [0.2, 0.25) is 0 Å². The van der Waals surface area contributed by atoms with Crippen LogP contribution in [0.4, 0.5) is 14.9 Å². The zero-order valence-corrected chi connectivity index (χ0v) is 13.5. The van der Waals surface area contributed by atoms with E-state index < -0.39 is 11.9 Å². The highest BCUT2D eigenvalue weighted by atomic mass is 32.1. The van der Waals surface area contributed by atoms with E-state index >= 15 is 0 Å². The molecule has 0 spiro atoms. The van der Waals surface area contributed by atoms with Crippen molar-refractivity contribution < 1.29 is 14.0 Å². The molecule has 7 heteroatoms. The molecule has 3 amide bonds. The summed E-state index contributed by atoms with van der Waals surface area (Å²) in [6.07, 6.45) is 0.728.